The second-order valence-electron chi connectivity index (χ2n) is 3.85. The van der Waals surface area contributed by atoms with Gasteiger partial charge in [-0.15, -0.1) is 0 Å². The molecule has 1 aliphatic heterocycles. The van der Waals surface area contributed by atoms with Crippen molar-refractivity contribution >= 4 is 0 Å². The molecule has 1 aliphatic rings. The molecule has 1 fully saturated rings. The molecular formula is C11H17N3. The molecule has 0 saturated carbocycles. The van der Waals surface area contributed by atoms with Crippen LogP contribution in [-0.4, -0.2) is 24.6 Å². The normalized spacial score (nSPS) is 27.5. The minimum Gasteiger partial charge on any atom is -0.330 e. The smallest absolute Gasteiger partial charge is 0.0438 e. The number of piperidine rings is 1. The number of aromatic nitrogens is 1. The van der Waals surface area contributed by atoms with E-state index in [2.05, 4.69) is 22.4 Å². The van der Waals surface area contributed by atoms with E-state index in [1.165, 1.54) is 5.69 Å². The predicted octanol–water partition coefficient (Wildman–Crippen LogP) is 0.733. The Morgan fingerprint density at radius 3 is 3.14 bits per heavy atom. The molecule has 1 aromatic heterocycles. The molecule has 2 heterocycles. The van der Waals surface area contributed by atoms with Crippen molar-refractivity contribution in [3.8, 4) is 0 Å². The third-order valence-corrected chi connectivity index (χ3v) is 2.98. The highest BCUT2D eigenvalue weighted by atomic mass is 14.9. The molecule has 3 heteroatoms. The van der Waals surface area contributed by atoms with Crippen LogP contribution >= 0.6 is 0 Å². The standard InChI is InChI=1S/C11H17N3/c12-7-9-8-13-6-4-10(9)11-3-1-2-5-14-11/h1-3,5,9-10,13H,4,6-8,12H2. The first-order valence-electron chi connectivity index (χ1n) is 5.23. The van der Waals surface area contributed by atoms with Crippen LogP contribution in [0.5, 0.6) is 0 Å². The molecule has 0 amide bonds. The fourth-order valence-electron chi connectivity index (χ4n) is 2.16. The minimum atomic E-state index is 0.540. The molecule has 0 bridgehead atoms. The monoisotopic (exact) mass is 191 g/mol. The van der Waals surface area contributed by atoms with Gasteiger partial charge in [-0.1, -0.05) is 6.07 Å². The molecule has 1 aromatic rings. The van der Waals surface area contributed by atoms with Crippen LogP contribution in [0.15, 0.2) is 24.4 Å². The van der Waals surface area contributed by atoms with E-state index >= 15 is 0 Å². The third kappa shape index (κ3) is 1.94. The second-order valence-corrected chi connectivity index (χ2v) is 3.85. The Kier molecular flexibility index (Phi) is 3.11. The summed E-state index contributed by atoms with van der Waals surface area (Å²) < 4.78 is 0. The summed E-state index contributed by atoms with van der Waals surface area (Å²) in [7, 11) is 0. The van der Waals surface area contributed by atoms with Crippen LogP contribution < -0.4 is 11.1 Å². The van der Waals surface area contributed by atoms with Gasteiger partial charge in [0.05, 0.1) is 0 Å². The first-order valence-corrected chi connectivity index (χ1v) is 5.23. The number of nitrogens with zero attached hydrogens (tertiary/aromatic N) is 1. The Morgan fingerprint density at radius 1 is 1.50 bits per heavy atom. The zero-order valence-electron chi connectivity index (χ0n) is 8.32. The van der Waals surface area contributed by atoms with Gasteiger partial charge < -0.3 is 11.1 Å². The van der Waals surface area contributed by atoms with Gasteiger partial charge in [-0.3, -0.25) is 4.98 Å². The van der Waals surface area contributed by atoms with E-state index in [4.69, 9.17) is 5.73 Å². The van der Waals surface area contributed by atoms with Gasteiger partial charge in [-0.2, -0.15) is 0 Å². The quantitative estimate of drug-likeness (QED) is 0.724. The van der Waals surface area contributed by atoms with Crippen LogP contribution in [0.4, 0.5) is 0 Å². The largest absolute Gasteiger partial charge is 0.330 e. The molecule has 14 heavy (non-hydrogen) atoms. The highest BCUT2D eigenvalue weighted by Gasteiger charge is 2.25. The van der Waals surface area contributed by atoms with Gasteiger partial charge in [-0.05, 0) is 44.1 Å². The molecule has 0 spiro atoms. The van der Waals surface area contributed by atoms with Gasteiger partial charge >= 0.3 is 0 Å². The summed E-state index contributed by atoms with van der Waals surface area (Å²) in [5.74, 6) is 1.08. The van der Waals surface area contributed by atoms with Crippen LogP contribution in [0.1, 0.15) is 18.0 Å². The summed E-state index contributed by atoms with van der Waals surface area (Å²) in [5, 5.41) is 3.38. The van der Waals surface area contributed by atoms with Crippen LogP contribution in [0.3, 0.4) is 0 Å². The van der Waals surface area contributed by atoms with Crippen LogP contribution in [0.25, 0.3) is 0 Å². The zero-order chi connectivity index (χ0) is 9.80. The Labute approximate surface area is 84.7 Å². The summed E-state index contributed by atoms with van der Waals surface area (Å²) in [6.45, 7) is 2.85. The molecule has 0 aliphatic carbocycles. The second kappa shape index (κ2) is 4.53. The van der Waals surface area contributed by atoms with Gasteiger partial charge in [0.2, 0.25) is 0 Å². The van der Waals surface area contributed by atoms with E-state index in [1.54, 1.807) is 0 Å². The number of pyridine rings is 1. The van der Waals surface area contributed by atoms with Crippen LogP contribution in [-0.2, 0) is 0 Å². The number of nitrogens with two attached hydrogens (primary N) is 1. The number of hydrogen-bond acceptors (Lipinski definition) is 3. The van der Waals surface area contributed by atoms with E-state index in [0.717, 1.165) is 26.1 Å². The average Bonchev–Trinajstić information content (AvgIpc) is 2.30. The van der Waals surface area contributed by atoms with Crippen molar-refractivity contribution in [2.45, 2.75) is 12.3 Å². The maximum absolute atomic E-state index is 5.76. The Balaban J connectivity index is 2.15. The van der Waals surface area contributed by atoms with Crippen molar-refractivity contribution in [2.24, 2.45) is 11.7 Å². The lowest BCUT2D eigenvalue weighted by atomic mass is 9.84. The molecule has 3 nitrogen and oxygen atoms in total. The summed E-state index contributed by atoms with van der Waals surface area (Å²) in [6, 6.07) is 6.12. The van der Waals surface area contributed by atoms with Crippen molar-refractivity contribution in [1.29, 1.82) is 0 Å². The first kappa shape index (κ1) is 9.62. The Bertz CT molecular complexity index is 273. The predicted molar refractivity (Wildman–Crippen MR) is 57.0 cm³/mol. The molecule has 0 aromatic carbocycles. The third-order valence-electron chi connectivity index (χ3n) is 2.98. The van der Waals surface area contributed by atoms with Crippen molar-refractivity contribution in [2.75, 3.05) is 19.6 Å². The topological polar surface area (TPSA) is 50.9 Å². The maximum atomic E-state index is 5.76. The van der Waals surface area contributed by atoms with Crippen molar-refractivity contribution in [3.63, 3.8) is 0 Å². The number of rotatable bonds is 2. The van der Waals surface area contributed by atoms with Gasteiger partial charge in [0.25, 0.3) is 0 Å². The molecule has 3 N–H and O–H groups in total. The van der Waals surface area contributed by atoms with E-state index in [-0.39, 0.29) is 0 Å². The zero-order valence-corrected chi connectivity index (χ0v) is 8.32. The minimum absolute atomic E-state index is 0.540. The lowest BCUT2D eigenvalue weighted by Gasteiger charge is -2.30. The molecule has 76 valence electrons. The number of nitrogens with one attached hydrogen (secondary N) is 1. The molecule has 1 saturated heterocycles. The Hall–Kier alpha value is -0.930. The van der Waals surface area contributed by atoms with E-state index < -0.39 is 0 Å². The summed E-state index contributed by atoms with van der Waals surface area (Å²) in [6.07, 6.45) is 3.02. The van der Waals surface area contributed by atoms with Crippen LogP contribution in [0, 0.1) is 5.92 Å². The van der Waals surface area contributed by atoms with Crippen molar-refractivity contribution in [1.82, 2.24) is 10.3 Å². The molecule has 2 unspecified atom stereocenters. The van der Waals surface area contributed by atoms with Gasteiger partial charge in [0.1, 0.15) is 0 Å². The fourth-order valence-corrected chi connectivity index (χ4v) is 2.16. The average molecular weight is 191 g/mol. The summed E-state index contributed by atoms with van der Waals surface area (Å²) >= 11 is 0. The van der Waals surface area contributed by atoms with Crippen molar-refractivity contribution < 1.29 is 0 Å². The Morgan fingerprint density at radius 2 is 2.43 bits per heavy atom. The van der Waals surface area contributed by atoms with E-state index in [1.807, 2.05) is 12.3 Å². The lowest BCUT2D eigenvalue weighted by molar-refractivity contribution is 0.328. The highest BCUT2D eigenvalue weighted by Crippen LogP contribution is 2.27. The number of hydrogen-bond donors (Lipinski definition) is 2. The summed E-state index contributed by atoms with van der Waals surface area (Å²) in [4.78, 5) is 4.42. The molecule has 2 atom stereocenters. The van der Waals surface area contributed by atoms with Crippen molar-refractivity contribution in [3.05, 3.63) is 30.1 Å². The van der Waals surface area contributed by atoms with Gasteiger partial charge in [0, 0.05) is 17.8 Å². The fraction of sp³-hybridized carbons (Fsp3) is 0.545. The first-order chi connectivity index (χ1) is 6.92. The molecule has 0 radical (unpaired) electrons. The molecular weight excluding hydrogens is 174 g/mol. The maximum Gasteiger partial charge on any atom is 0.0438 e. The van der Waals surface area contributed by atoms with Gasteiger partial charge in [-0.25, -0.2) is 0 Å². The van der Waals surface area contributed by atoms with E-state index in [9.17, 15) is 0 Å². The summed E-state index contributed by atoms with van der Waals surface area (Å²) in [5.41, 5.74) is 6.96. The lowest BCUT2D eigenvalue weighted by Crippen LogP contribution is -2.39. The van der Waals surface area contributed by atoms with Gasteiger partial charge in [0.15, 0.2) is 0 Å². The van der Waals surface area contributed by atoms with Crippen LogP contribution in [0.2, 0.25) is 0 Å². The van der Waals surface area contributed by atoms with E-state index in [0.29, 0.717) is 11.8 Å². The highest BCUT2D eigenvalue weighted by molar-refractivity contribution is 5.12. The molecule has 2 rings (SSSR count). The SMILES string of the molecule is NCC1CNCCC1c1ccccn1.